The SMILES string of the molecule is CC(C)C(CBr)CN1CCC2CCCCC21. The predicted molar refractivity (Wildman–Crippen MR) is 74.1 cm³/mol. The maximum atomic E-state index is 3.69. The molecular weight excluding hydrogens is 262 g/mol. The van der Waals surface area contributed by atoms with Crippen molar-refractivity contribution in [3.8, 4) is 0 Å². The van der Waals surface area contributed by atoms with Gasteiger partial charge in [0, 0.05) is 17.9 Å². The number of nitrogens with zero attached hydrogens (tertiary/aromatic N) is 1. The Morgan fingerprint density at radius 2 is 1.94 bits per heavy atom. The summed E-state index contributed by atoms with van der Waals surface area (Å²) in [5.74, 6) is 2.68. The van der Waals surface area contributed by atoms with E-state index in [1.54, 1.807) is 0 Å². The van der Waals surface area contributed by atoms with E-state index in [0.717, 1.165) is 23.8 Å². The summed E-state index contributed by atoms with van der Waals surface area (Å²) >= 11 is 3.69. The molecule has 1 heterocycles. The highest BCUT2D eigenvalue weighted by Crippen LogP contribution is 2.36. The molecule has 1 nitrogen and oxygen atoms in total. The zero-order valence-electron chi connectivity index (χ0n) is 10.8. The van der Waals surface area contributed by atoms with Gasteiger partial charge in [-0.2, -0.15) is 0 Å². The Hall–Kier alpha value is 0.440. The maximum absolute atomic E-state index is 3.69. The molecule has 2 aliphatic rings. The Bertz CT molecular complexity index is 217. The van der Waals surface area contributed by atoms with E-state index in [9.17, 15) is 0 Å². The van der Waals surface area contributed by atoms with Crippen LogP contribution < -0.4 is 0 Å². The minimum atomic E-state index is 0.807. The Kier molecular flexibility index (Phi) is 4.72. The first kappa shape index (κ1) is 12.9. The van der Waals surface area contributed by atoms with E-state index in [0.29, 0.717) is 0 Å². The van der Waals surface area contributed by atoms with Crippen LogP contribution in [0.2, 0.25) is 0 Å². The molecule has 0 aromatic rings. The molecule has 0 aromatic carbocycles. The molecule has 0 amide bonds. The van der Waals surface area contributed by atoms with Gasteiger partial charge < -0.3 is 0 Å². The van der Waals surface area contributed by atoms with Gasteiger partial charge in [0.1, 0.15) is 0 Å². The van der Waals surface area contributed by atoms with Crippen LogP contribution in [-0.2, 0) is 0 Å². The maximum Gasteiger partial charge on any atom is 0.0124 e. The van der Waals surface area contributed by atoms with Crippen LogP contribution in [0, 0.1) is 17.8 Å². The lowest BCUT2D eigenvalue weighted by atomic mass is 9.85. The highest BCUT2D eigenvalue weighted by molar-refractivity contribution is 9.09. The quantitative estimate of drug-likeness (QED) is 0.709. The van der Waals surface area contributed by atoms with E-state index >= 15 is 0 Å². The standard InChI is InChI=1S/C14H26BrN/c1-11(2)13(9-15)10-16-8-7-12-5-3-4-6-14(12)16/h11-14H,3-10H2,1-2H3. The van der Waals surface area contributed by atoms with Gasteiger partial charge in [-0.05, 0) is 43.6 Å². The summed E-state index contributed by atoms with van der Waals surface area (Å²) < 4.78 is 0. The number of fused-ring (bicyclic) bond motifs is 1. The average molecular weight is 288 g/mol. The zero-order chi connectivity index (χ0) is 11.5. The largest absolute Gasteiger partial charge is 0.300 e. The van der Waals surface area contributed by atoms with Crippen LogP contribution in [0.3, 0.4) is 0 Å². The Morgan fingerprint density at radius 3 is 2.62 bits per heavy atom. The molecular formula is C14H26BrN. The Labute approximate surface area is 109 Å². The topological polar surface area (TPSA) is 3.24 Å². The first-order valence-electron chi connectivity index (χ1n) is 7.02. The minimum absolute atomic E-state index is 0.807. The lowest BCUT2D eigenvalue weighted by Crippen LogP contribution is -2.39. The van der Waals surface area contributed by atoms with Crippen molar-refractivity contribution in [1.82, 2.24) is 4.90 Å². The van der Waals surface area contributed by atoms with E-state index in [1.165, 1.54) is 50.5 Å². The van der Waals surface area contributed by atoms with Gasteiger partial charge in [0.15, 0.2) is 0 Å². The summed E-state index contributed by atoms with van der Waals surface area (Å²) in [6.45, 7) is 7.41. The fraction of sp³-hybridized carbons (Fsp3) is 1.00. The third-order valence-corrected chi connectivity index (χ3v) is 5.57. The Balaban J connectivity index is 1.89. The monoisotopic (exact) mass is 287 g/mol. The van der Waals surface area contributed by atoms with Crippen LogP contribution in [-0.4, -0.2) is 29.4 Å². The van der Waals surface area contributed by atoms with Gasteiger partial charge in [-0.1, -0.05) is 42.6 Å². The molecule has 0 radical (unpaired) electrons. The van der Waals surface area contributed by atoms with Gasteiger partial charge >= 0.3 is 0 Å². The summed E-state index contributed by atoms with van der Waals surface area (Å²) in [5, 5.41) is 1.17. The molecule has 1 aliphatic heterocycles. The highest BCUT2D eigenvalue weighted by atomic mass is 79.9. The van der Waals surface area contributed by atoms with E-state index in [4.69, 9.17) is 0 Å². The van der Waals surface area contributed by atoms with Gasteiger partial charge in [0.2, 0.25) is 0 Å². The third kappa shape index (κ3) is 2.81. The van der Waals surface area contributed by atoms with E-state index < -0.39 is 0 Å². The number of likely N-dealkylation sites (tertiary alicyclic amines) is 1. The van der Waals surface area contributed by atoms with Gasteiger partial charge in [-0.3, -0.25) is 4.90 Å². The average Bonchev–Trinajstić information content (AvgIpc) is 2.69. The number of alkyl halides is 1. The van der Waals surface area contributed by atoms with Gasteiger partial charge in [-0.25, -0.2) is 0 Å². The van der Waals surface area contributed by atoms with Crippen molar-refractivity contribution < 1.29 is 0 Å². The third-order valence-electron chi connectivity index (χ3n) is 4.74. The van der Waals surface area contributed by atoms with Crippen molar-refractivity contribution >= 4 is 15.9 Å². The molecule has 1 saturated carbocycles. The molecule has 0 bridgehead atoms. The van der Waals surface area contributed by atoms with Crippen LogP contribution in [0.25, 0.3) is 0 Å². The van der Waals surface area contributed by atoms with Crippen LogP contribution >= 0.6 is 15.9 Å². The highest BCUT2D eigenvalue weighted by Gasteiger charge is 2.36. The van der Waals surface area contributed by atoms with Crippen molar-refractivity contribution in [2.75, 3.05) is 18.4 Å². The molecule has 0 N–H and O–H groups in total. The van der Waals surface area contributed by atoms with Gasteiger partial charge in [-0.15, -0.1) is 0 Å². The second kappa shape index (κ2) is 5.86. The summed E-state index contributed by atoms with van der Waals surface area (Å²) in [5.41, 5.74) is 0. The molecule has 3 atom stereocenters. The van der Waals surface area contributed by atoms with Crippen LogP contribution in [0.15, 0.2) is 0 Å². The Morgan fingerprint density at radius 1 is 1.19 bits per heavy atom. The normalized spacial score (nSPS) is 33.0. The van der Waals surface area contributed by atoms with E-state index in [1.807, 2.05) is 0 Å². The lowest BCUT2D eigenvalue weighted by molar-refractivity contribution is 0.152. The summed E-state index contributed by atoms with van der Waals surface area (Å²) in [4.78, 5) is 2.80. The fourth-order valence-electron chi connectivity index (χ4n) is 3.47. The first-order chi connectivity index (χ1) is 7.72. The van der Waals surface area contributed by atoms with Crippen molar-refractivity contribution in [3.63, 3.8) is 0 Å². The van der Waals surface area contributed by atoms with Gasteiger partial charge in [0.05, 0.1) is 0 Å². The molecule has 1 saturated heterocycles. The number of hydrogen-bond acceptors (Lipinski definition) is 1. The van der Waals surface area contributed by atoms with E-state index in [2.05, 4.69) is 34.7 Å². The van der Waals surface area contributed by atoms with Crippen molar-refractivity contribution in [3.05, 3.63) is 0 Å². The second-order valence-electron chi connectivity index (χ2n) is 6.05. The molecule has 2 heteroatoms. The molecule has 3 unspecified atom stereocenters. The molecule has 2 fully saturated rings. The van der Waals surface area contributed by atoms with Crippen LogP contribution in [0.1, 0.15) is 46.0 Å². The smallest absolute Gasteiger partial charge is 0.0124 e. The summed E-state index contributed by atoms with van der Waals surface area (Å²) in [6, 6.07) is 0.939. The minimum Gasteiger partial charge on any atom is -0.300 e. The van der Waals surface area contributed by atoms with Gasteiger partial charge in [0.25, 0.3) is 0 Å². The zero-order valence-corrected chi connectivity index (χ0v) is 12.4. The first-order valence-corrected chi connectivity index (χ1v) is 8.14. The van der Waals surface area contributed by atoms with Crippen LogP contribution in [0.5, 0.6) is 0 Å². The number of halogens is 1. The van der Waals surface area contributed by atoms with Crippen molar-refractivity contribution in [1.29, 1.82) is 0 Å². The van der Waals surface area contributed by atoms with E-state index in [-0.39, 0.29) is 0 Å². The summed E-state index contributed by atoms with van der Waals surface area (Å²) in [7, 11) is 0. The lowest BCUT2D eigenvalue weighted by Gasteiger charge is -2.34. The van der Waals surface area contributed by atoms with Crippen molar-refractivity contribution in [2.24, 2.45) is 17.8 Å². The second-order valence-corrected chi connectivity index (χ2v) is 6.70. The summed E-state index contributed by atoms with van der Waals surface area (Å²) in [6.07, 6.45) is 7.40. The molecule has 0 spiro atoms. The molecule has 16 heavy (non-hydrogen) atoms. The molecule has 0 aromatic heterocycles. The van der Waals surface area contributed by atoms with Crippen molar-refractivity contribution in [2.45, 2.75) is 52.0 Å². The molecule has 94 valence electrons. The fourth-order valence-corrected chi connectivity index (χ4v) is 4.42. The molecule has 1 aliphatic carbocycles. The molecule has 2 rings (SSSR count). The van der Waals surface area contributed by atoms with Crippen LogP contribution in [0.4, 0.5) is 0 Å². The number of rotatable bonds is 4. The number of hydrogen-bond donors (Lipinski definition) is 0. The predicted octanol–water partition coefficient (Wildman–Crippen LogP) is 3.92.